The second-order valence-electron chi connectivity index (χ2n) is 8.43. The van der Waals surface area contributed by atoms with E-state index < -0.39 is 0 Å². The highest BCUT2D eigenvalue weighted by atomic mass is 28.2. The molecule has 0 aromatic heterocycles. The Labute approximate surface area is 185 Å². The minimum absolute atomic E-state index is 0.321. The lowest BCUT2D eigenvalue weighted by atomic mass is 10.1. The van der Waals surface area contributed by atoms with E-state index in [1.165, 1.54) is 32.6 Å². The van der Waals surface area contributed by atoms with Gasteiger partial charge in [0.1, 0.15) is 0 Å². The van der Waals surface area contributed by atoms with Crippen LogP contribution in [0.4, 0.5) is 0 Å². The van der Waals surface area contributed by atoms with Crippen molar-refractivity contribution in [1.29, 1.82) is 0 Å². The second-order valence-corrected chi connectivity index (χ2v) is 13.3. The average molecular weight is 423 g/mol. The first-order valence-corrected chi connectivity index (χ1v) is 14.0. The molecular weight excluding hydrogens is 392 g/mol. The van der Waals surface area contributed by atoms with Crippen LogP contribution in [-0.4, -0.2) is 19.0 Å². The van der Waals surface area contributed by atoms with Crippen LogP contribution in [0.5, 0.6) is 0 Å². The first-order valence-electron chi connectivity index (χ1n) is 11.0. The van der Waals surface area contributed by atoms with Gasteiger partial charge in [0.25, 0.3) is 0 Å². The molecular formula is C28H30Si2. The summed E-state index contributed by atoms with van der Waals surface area (Å²) in [5.74, 6) is 0. The molecule has 30 heavy (non-hydrogen) atoms. The van der Waals surface area contributed by atoms with Crippen molar-refractivity contribution >= 4 is 29.4 Å². The lowest BCUT2D eigenvalue weighted by molar-refractivity contribution is 1.07. The van der Waals surface area contributed by atoms with Crippen LogP contribution in [0.3, 0.4) is 0 Å². The summed E-state index contributed by atoms with van der Waals surface area (Å²) in [5, 5.41) is 3.08. The molecule has 4 aromatic rings. The van der Waals surface area contributed by atoms with Crippen LogP contribution >= 0.6 is 0 Å². The van der Waals surface area contributed by atoms with Gasteiger partial charge in [0, 0.05) is 0 Å². The second kappa shape index (κ2) is 9.88. The molecule has 2 unspecified atom stereocenters. The SMILES string of the molecule is CC([SiH2]c1ccc(-c2ccc([SiH2]C(C)c3ccccc3)cc2)cc1)c1ccccc1. The maximum atomic E-state index is 2.37. The van der Waals surface area contributed by atoms with Gasteiger partial charge < -0.3 is 0 Å². The molecule has 2 atom stereocenters. The third-order valence-corrected chi connectivity index (χ3v) is 10.1. The van der Waals surface area contributed by atoms with Crippen LogP contribution in [0.2, 0.25) is 0 Å². The molecule has 0 aliphatic rings. The minimum Gasteiger partial charge on any atom is -0.0663 e. The van der Waals surface area contributed by atoms with Crippen LogP contribution in [-0.2, 0) is 0 Å². The van der Waals surface area contributed by atoms with E-state index in [2.05, 4.69) is 123 Å². The maximum absolute atomic E-state index is 2.37. The van der Waals surface area contributed by atoms with Crippen LogP contribution in [0.1, 0.15) is 36.1 Å². The predicted molar refractivity (Wildman–Crippen MR) is 138 cm³/mol. The largest absolute Gasteiger partial charge is 0.0663 e. The monoisotopic (exact) mass is 422 g/mol. The highest BCUT2D eigenvalue weighted by Crippen LogP contribution is 2.19. The summed E-state index contributed by atoms with van der Waals surface area (Å²) < 4.78 is 0. The molecule has 0 saturated heterocycles. The van der Waals surface area contributed by atoms with E-state index in [-0.39, 0.29) is 19.0 Å². The first-order chi connectivity index (χ1) is 14.7. The summed E-state index contributed by atoms with van der Waals surface area (Å²) in [6, 6.07) is 40.4. The van der Waals surface area contributed by atoms with Gasteiger partial charge >= 0.3 is 0 Å². The third kappa shape index (κ3) is 5.26. The van der Waals surface area contributed by atoms with Gasteiger partial charge in [-0.2, -0.15) is 0 Å². The molecule has 4 aromatic carbocycles. The number of benzene rings is 4. The molecule has 0 amide bonds. The van der Waals surface area contributed by atoms with E-state index in [1.54, 1.807) is 0 Å². The number of hydrogen-bond donors (Lipinski definition) is 0. The Kier molecular flexibility index (Phi) is 6.78. The van der Waals surface area contributed by atoms with E-state index in [0.29, 0.717) is 11.1 Å². The zero-order chi connectivity index (χ0) is 20.8. The Morgan fingerprint density at radius 3 is 1.10 bits per heavy atom. The van der Waals surface area contributed by atoms with Crippen molar-refractivity contribution in [2.24, 2.45) is 0 Å². The van der Waals surface area contributed by atoms with E-state index in [4.69, 9.17) is 0 Å². The summed E-state index contributed by atoms with van der Waals surface area (Å²) >= 11 is 0. The molecule has 0 N–H and O–H groups in total. The quantitative estimate of drug-likeness (QED) is 0.386. The van der Waals surface area contributed by atoms with Crippen LogP contribution in [0.15, 0.2) is 109 Å². The van der Waals surface area contributed by atoms with Crippen molar-refractivity contribution in [1.82, 2.24) is 0 Å². The van der Waals surface area contributed by atoms with Gasteiger partial charge in [0.15, 0.2) is 0 Å². The Balaban J connectivity index is 1.39. The number of hydrogen-bond acceptors (Lipinski definition) is 0. The van der Waals surface area contributed by atoms with E-state index in [9.17, 15) is 0 Å². The highest BCUT2D eigenvalue weighted by molar-refractivity contribution is 6.55. The fourth-order valence-corrected chi connectivity index (χ4v) is 7.62. The summed E-state index contributed by atoms with van der Waals surface area (Å²) in [5.41, 5.74) is 6.94. The lowest BCUT2D eigenvalue weighted by Crippen LogP contribution is -2.20. The molecule has 0 spiro atoms. The fraction of sp³-hybridized carbons (Fsp3) is 0.143. The van der Waals surface area contributed by atoms with E-state index >= 15 is 0 Å². The summed E-state index contributed by atoms with van der Waals surface area (Å²) in [4.78, 5) is 0. The Morgan fingerprint density at radius 2 is 0.767 bits per heavy atom. The zero-order valence-electron chi connectivity index (χ0n) is 18.0. The van der Waals surface area contributed by atoms with Crippen LogP contribution in [0, 0.1) is 0 Å². The molecule has 0 aliphatic heterocycles. The normalized spacial score (nSPS) is 13.8. The lowest BCUT2D eigenvalue weighted by Gasteiger charge is -2.13. The molecule has 2 heteroatoms. The molecule has 0 aliphatic carbocycles. The Morgan fingerprint density at radius 1 is 0.433 bits per heavy atom. The molecule has 0 radical (unpaired) electrons. The molecule has 4 rings (SSSR count). The molecule has 0 fully saturated rings. The third-order valence-electron chi connectivity index (χ3n) is 6.06. The molecule has 150 valence electrons. The van der Waals surface area contributed by atoms with Crippen LogP contribution < -0.4 is 10.4 Å². The van der Waals surface area contributed by atoms with Crippen LogP contribution in [0.25, 0.3) is 11.1 Å². The van der Waals surface area contributed by atoms with Crippen molar-refractivity contribution in [3.63, 3.8) is 0 Å². The summed E-state index contributed by atoms with van der Waals surface area (Å²) in [7, 11) is -0.641. The fourth-order valence-electron chi connectivity index (χ4n) is 4.17. The van der Waals surface area contributed by atoms with Gasteiger partial charge in [-0.1, -0.05) is 133 Å². The first kappa shape index (κ1) is 20.6. The van der Waals surface area contributed by atoms with Crippen molar-refractivity contribution in [3.8, 4) is 11.1 Å². The van der Waals surface area contributed by atoms with Gasteiger partial charge in [0.2, 0.25) is 0 Å². The number of rotatable bonds is 7. The minimum atomic E-state index is -0.321. The average Bonchev–Trinajstić information content (AvgIpc) is 2.81. The van der Waals surface area contributed by atoms with E-state index in [0.717, 1.165) is 0 Å². The molecule has 0 nitrogen and oxygen atoms in total. The van der Waals surface area contributed by atoms with Gasteiger partial charge in [-0.3, -0.25) is 0 Å². The smallest absolute Gasteiger partial charge is 0.0620 e. The molecule has 0 saturated carbocycles. The van der Waals surface area contributed by atoms with Crippen molar-refractivity contribution in [2.75, 3.05) is 0 Å². The Hall–Kier alpha value is -2.69. The highest BCUT2D eigenvalue weighted by Gasteiger charge is 2.09. The van der Waals surface area contributed by atoms with Gasteiger partial charge in [-0.25, -0.2) is 0 Å². The van der Waals surface area contributed by atoms with Gasteiger partial charge in [0.05, 0.1) is 19.0 Å². The summed E-state index contributed by atoms with van der Waals surface area (Å²) in [6.07, 6.45) is 0. The standard InChI is InChI=1S/C28H30Si2/c1-21(23-9-5-3-6-10-23)29-27-17-13-25(14-18-27)26-15-19-28(20-16-26)30-22(2)24-11-7-4-8-12-24/h3-22H,29-30H2,1-2H3. The van der Waals surface area contributed by atoms with Gasteiger partial charge in [-0.05, 0) is 33.3 Å². The van der Waals surface area contributed by atoms with Crippen molar-refractivity contribution in [2.45, 2.75) is 24.9 Å². The maximum Gasteiger partial charge on any atom is 0.0620 e. The zero-order valence-corrected chi connectivity index (χ0v) is 20.8. The predicted octanol–water partition coefficient (Wildman–Crippen LogP) is 4.46. The topological polar surface area (TPSA) is 0 Å². The van der Waals surface area contributed by atoms with Crippen molar-refractivity contribution in [3.05, 3.63) is 120 Å². The molecule has 0 bridgehead atoms. The van der Waals surface area contributed by atoms with Gasteiger partial charge in [-0.15, -0.1) is 0 Å². The molecule has 0 heterocycles. The van der Waals surface area contributed by atoms with E-state index in [1.807, 2.05) is 0 Å². The summed E-state index contributed by atoms with van der Waals surface area (Å²) in [6.45, 7) is 4.74. The van der Waals surface area contributed by atoms with Crippen molar-refractivity contribution < 1.29 is 0 Å². The Bertz CT molecular complexity index is 950.